The highest BCUT2D eigenvalue weighted by Crippen LogP contribution is 2.36. The molecule has 0 spiro atoms. The Bertz CT molecular complexity index is 1120. The van der Waals surface area contributed by atoms with E-state index in [-0.39, 0.29) is 24.9 Å². The van der Waals surface area contributed by atoms with Crippen LogP contribution in [0.25, 0.3) is 10.2 Å². The van der Waals surface area contributed by atoms with Crippen LogP contribution in [0.1, 0.15) is 12.0 Å². The van der Waals surface area contributed by atoms with Crippen molar-refractivity contribution in [1.29, 1.82) is 0 Å². The number of morpholine rings is 1. The number of nitrogens with zero attached hydrogens (tertiary/aromatic N) is 3. The van der Waals surface area contributed by atoms with Crippen LogP contribution in [-0.2, 0) is 9.53 Å². The van der Waals surface area contributed by atoms with Gasteiger partial charge in [0.05, 0.1) is 32.1 Å². The van der Waals surface area contributed by atoms with Gasteiger partial charge in [0.15, 0.2) is 11.7 Å². The van der Waals surface area contributed by atoms with Gasteiger partial charge in [0.1, 0.15) is 22.8 Å². The van der Waals surface area contributed by atoms with E-state index in [1.165, 1.54) is 11.3 Å². The summed E-state index contributed by atoms with van der Waals surface area (Å²) in [4.78, 5) is 22.3. The van der Waals surface area contributed by atoms with E-state index in [0.29, 0.717) is 28.9 Å². The molecule has 1 aliphatic heterocycles. The molecule has 0 N–H and O–H groups in total. The highest BCUT2D eigenvalue weighted by molar-refractivity contribution is 7.22. The van der Waals surface area contributed by atoms with Crippen molar-refractivity contribution in [3.8, 4) is 17.2 Å². The maximum Gasteiger partial charge on any atom is 0.266 e. The Morgan fingerprint density at radius 3 is 2.66 bits per heavy atom. The normalized spacial score (nSPS) is 13.8. The van der Waals surface area contributed by atoms with Crippen LogP contribution in [0.3, 0.4) is 0 Å². The van der Waals surface area contributed by atoms with Crippen LogP contribution < -0.4 is 19.1 Å². The fraction of sp³-hybridized carbons (Fsp3) is 0.440. The van der Waals surface area contributed by atoms with E-state index in [4.69, 9.17) is 23.9 Å². The summed E-state index contributed by atoms with van der Waals surface area (Å²) in [5.41, 5.74) is 1.88. The summed E-state index contributed by atoms with van der Waals surface area (Å²) in [7, 11) is 3.24. The molecule has 0 radical (unpaired) electrons. The Balaban J connectivity index is 0.00000342. The number of ether oxygens (including phenoxy) is 4. The number of anilines is 1. The number of carbonyl (C=O) groups excluding carboxylic acids is 1. The number of methoxy groups -OCH3 is 2. The number of carbonyl (C=O) groups is 1. The van der Waals surface area contributed by atoms with Gasteiger partial charge in [-0.1, -0.05) is 23.5 Å². The average molecular weight is 522 g/mol. The van der Waals surface area contributed by atoms with E-state index in [1.54, 1.807) is 25.2 Å². The van der Waals surface area contributed by atoms with Gasteiger partial charge in [0.2, 0.25) is 0 Å². The fourth-order valence-electron chi connectivity index (χ4n) is 3.90. The van der Waals surface area contributed by atoms with E-state index in [1.807, 2.05) is 37.3 Å². The van der Waals surface area contributed by atoms with E-state index < -0.39 is 0 Å². The quantitative estimate of drug-likeness (QED) is 0.396. The predicted octanol–water partition coefficient (Wildman–Crippen LogP) is 4.18. The molecule has 1 aromatic heterocycles. The van der Waals surface area contributed by atoms with Gasteiger partial charge in [-0.3, -0.25) is 14.6 Å². The van der Waals surface area contributed by atoms with Gasteiger partial charge >= 0.3 is 0 Å². The first-order valence-corrected chi connectivity index (χ1v) is 12.2. The van der Waals surface area contributed by atoms with Crippen molar-refractivity contribution in [1.82, 2.24) is 9.88 Å². The number of thiazole rings is 1. The van der Waals surface area contributed by atoms with Gasteiger partial charge in [-0.15, -0.1) is 12.4 Å². The van der Waals surface area contributed by atoms with E-state index in [9.17, 15) is 4.79 Å². The lowest BCUT2D eigenvalue weighted by molar-refractivity contribution is -0.120. The molecular weight excluding hydrogens is 490 g/mol. The van der Waals surface area contributed by atoms with Crippen molar-refractivity contribution in [3.63, 3.8) is 0 Å². The molecule has 2 aromatic carbocycles. The number of aromatic nitrogens is 1. The minimum Gasteiger partial charge on any atom is -0.497 e. The SMILES string of the molecule is COc1cccc(OCC(=O)N(CCCN2CCOCC2)c2nc3c(OC)ccc(C)c3s2)c1.Cl. The Morgan fingerprint density at radius 2 is 1.91 bits per heavy atom. The molecule has 0 atom stereocenters. The molecule has 8 nitrogen and oxygen atoms in total. The number of hydrogen-bond acceptors (Lipinski definition) is 8. The third-order valence-electron chi connectivity index (χ3n) is 5.81. The van der Waals surface area contributed by atoms with Crippen molar-refractivity contribution in [3.05, 3.63) is 42.0 Å². The number of aryl methyl sites for hydroxylation is 1. The molecule has 1 aliphatic rings. The molecule has 1 fully saturated rings. The summed E-state index contributed by atoms with van der Waals surface area (Å²) >= 11 is 1.51. The zero-order valence-corrected chi connectivity index (χ0v) is 22.0. The van der Waals surface area contributed by atoms with Crippen LogP contribution in [0, 0.1) is 6.92 Å². The number of fused-ring (bicyclic) bond motifs is 1. The molecule has 3 aromatic rings. The summed E-state index contributed by atoms with van der Waals surface area (Å²) in [6.45, 7) is 6.77. The number of benzene rings is 2. The second kappa shape index (κ2) is 12.9. The first kappa shape index (κ1) is 27.0. The number of halogens is 1. The lowest BCUT2D eigenvalue weighted by Gasteiger charge is -2.27. The molecule has 0 aliphatic carbocycles. The first-order valence-electron chi connectivity index (χ1n) is 11.4. The summed E-state index contributed by atoms with van der Waals surface area (Å²) in [6, 6.07) is 11.2. The van der Waals surface area contributed by atoms with Crippen molar-refractivity contribution < 1.29 is 23.7 Å². The zero-order valence-electron chi connectivity index (χ0n) is 20.3. The minimum atomic E-state index is -0.138. The highest BCUT2D eigenvalue weighted by atomic mass is 35.5. The van der Waals surface area contributed by atoms with Crippen molar-refractivity contribution in [2.45, 2.75) is 13.3 Å². The Hall–Kier alpha value is -2.59. The van der Waals surface area contributed by atoms with E-state index in [0.717, 1.165) is 55.0 Å². The molecule has 2 heterocycles. The monoisotopic (exact) mass is 521 g/mol. The predicted molar refractivity (Wildman–Crippen MR) is 141 cm³/mol. The topological polar surface area (TPSA) is 73.4 Å². The molecule has 0 saturated carbocycles. The number of rotatable bonds is 10. The third kappa shape index (κ3) is 6.76. The molecule has 35 heavy (non-hydrogen) atoms. The molecule has 10 heteroatoms. The average Bonchev–Trinajstić information content (AvgIpc) is 3.32. The summed E-state index contributed by atoms with van der Waals surface area (Å²) in [6.07, 6.45) is 0.830. The molecule has 4 rings (SSSR count). The van der Waals surface area contributed by atoms with Gasteiger partial charge in [0.25, 0.3) is 5.91 Å². The molecule has 1 amide bonds. The number of amides is 1. The van der Waals surface area contributed by atoms with Crippen LogP contribution in [0.2, 0.25) is 0 Å². The van der Waals surface area contributed by atoms with Gasteiger partial charge in [0, 0.05) is 32.2 Å². The number of hydrogen-bond donors (Lipinski definition) is 0. The lowest BCUT2D eigenvalue weighted by Crippen LogP contribution is -2.40. The zero-order chi connectivity index (χ0) is 23.9. The fourth-order valence-corrected chi connectivity index (χ4v) is 4.99. The maximum atomic E-state index is 13.3. The molecule has 1 saturated heterocycles. The van der Waals surface area contributed by atoms with Crippen LogP contribution in [0.5, 0.6) is 17.2 Å². The largest absolute Gasteiger partial charge is 0.497 e. The minimum absolute atomic E-state index is 0. The van der Waals surface area contributed by atoms with Crippen LogP contribution in [0.15, 0.2) is 36.4 Å². The first-order chi connectivity index (χ1) is 16.6. The Kier molecular flexibility index (Phi) is 9.97. The van der Waals surface area contributed by atoms with Crippen molar-refractivity contribution in [2.75, 3.05) is 65.1 Å². The highest BCUT2D eigenvalue weighted by Gasteiger charge is 2.23. The Morgan fingerprint density at radius 1 is 1.14 bits per heavy atom. The van der Waals surface area contributed by atoms with Crippen LogP contribution >= 0.6 is 23.7 Å². The second-order valence-corrected chi connectivity index (χ2v) is 9.06. The lowest BCUT2D eigenvalue weighted by atomic mass is 10.2. The summed E-state index contributed by atoms with van der Waals surface area (Å²) < 4.78 is 23.0. The van der Waals surface area contributed by atoms with Crippen LogP contribution in [-0.4, -0.2) is 76.0 Å². The van der Waals surface area contributed by atoms with Gasteiger partial charge in [-0.05, 0) is 37.1 Å². The smallest absolute Gasteiger partial charge is 0.266 e. The van der Waals surface area contributed by atoms with Gasteiger partial charge < -0.3 is 18.9 Å². The standard InChI is InChI=1S/C25H31N3O5S.ClH/c1-18-8-9-21(31-3)23-24(18)34-25(26-23)28(11-5-10-27-12-14-32-15-13-27)22(29)17-33-20-7-4-6-19(16-20)30-2;/h4,6-9,16H,5,10-15,17H2,1-3H3;1H. The molecule has 0 bridgehead atoms. The van der Waals surface area contributed by atoms with Gasteiger partial charge in [-0.2, -0.15) is 0 Å². The molecular formula is C25H32ClN3O5S. The molecule has 0 unspecified atom stereocenters. The van der Waals surface area contributed by atoms with Crippen molar-refractivity contribution in [2.24, 2.45) is 0 Å². The Labute approximate surface area is 216 Å². The van der Waals surface area contributed by atoms with E-state index in [2.05, 4.69) is 4.90 Å². The third-order valence-corrected chi connectivity index (χ3v) is 7.02. The molecule has 190 valence electrons. The van der Waals surface area contributed by atoms with Gasteiger partial charge in [-0.25, -0.2) is 4.98 Å². The second-order valence-electron chi connectivity index (χ2n) is 8.08. The maximum absolute atomic E-state index is 13.3. The summed E-state index contributed by atoms with van der Waals surface area (Å²) in [5, 5.41) is 0.656. The summed E-state index contributed by atoms with van der Waals surface area (Å²) in [5.74, 6) is 1.83. The van der Waals surface area contributed by atoms with E-state index >= 15 is 0 Å². The van der Waals surface area contributed by atoms with Crippen LogP contribution in [0.4, 0.5) is 5.13 Å². The van der Waals surface area contributed by atoms with Crippen molar-refractivity contribution >= 4 is 45.0 Å².